The summed E-state index contributed by atoms with van der Waals surface area (Å²) in [6.45, 7) is 0.666. The molecular weight excluding hydrogens is 434 g/mol. The largest absolute Gasteiger partial charge is 0.497 e. The van der Waals surface area contributed by atoms with Gasteiger partial charge >= 0.3 is 0 Å². The number of hydrogen-bond donors (Lipinski definition) is 0. The van der Waals surface area contributed by atoms with Gasteiger partial charge in [-0.1, -0.05) is 12.1 Å². The molecule has 0 saturated carbocycles. The van der Waals surface area contributed by atoms with Crippen molar-refractivity contribution in [2.45, 2.75) is 23.7 Å². The van der Waals surface area contributed by atoms with Gasteiger partial charge in [0.2, 0.25) is 15.9 Å². The first kappa shape index (κ1) is 22.1. The molecule has 9 nitrogen and oxygen atoms in total. The molecule has 2 aromatic carbocycles. The first-order valence-electron chi connectivity index (χ1n) is 10.2. The number of benzene rings is 2. The van der Waals surface area contributed by atoms with E-state index in [0.717, 1.165) is 5.56 Å². The van der Waals surface area contributed by atoms with Gasteiger partial charge in [-0.15, -0.1) is 10.2 Å². The SMILES string of the molecule is COc1ccc(OC)c(S(=O)(=O)N2CCC(c3nnc(-c4ccccc4OC)o3)CC2)c1. The van der Waals surface area contributed by atoms with Crippen molar-refractivity contribution >= 4 is 10.0 Å². The maximum atomic E-state index is 13.3. The summed E-state index contributed by atoms with van der Waals surface area (Å²) in [4.78, 5) is 0.0917. The van der Waals surface area contributed by atoms with E-state index in [-0.39, 0.29) is 16.6 Å². The molecule has 170 valence electrons. The third kappa shape index (κ3) is 4.15. The lowest BCUT2D eigenvalue weighted by molar-refractivity contribution is 0.290. The number of sulfonamides is 1. The van der Waals surface area contributed by atoms with Crippen LogP contribution < -0.4 is 14.2 Å². The second-order valence-corrected chi connectivity index (χ2v) is 9.25. The first-order chi connectivity index (χ1) is 15.5. The highest BCUT2D eigenvalue weighted by Crippen LogP contribution is 2.36. The standard InChI is InChI=1S/C22H25N3O6S/c1-28-16-8-9-19(30-3)20(14-16)32(26,27)25-12-10-15(11-13-25)21-23-24-22(31-21)17-6-4-5-7-18(17)29-2/h4-9,14-15H,10-13H2,1-3H3. The minimum absolute atomic E-state index is 0.0235. The number of methoxy groups -OCH3 is 3. The average molecular weight is 460 g/mol. The van der Waals surface area contributed by atoms with Crippen LogP contribution in [0.2, 0.25) is 0 Å². The van der Waals surface area contributed by atoms with Gasteiger partial charge in [0.05, 0.1) is 26.9 Å². The summed E-state index contributed by atoms with van der Waals surface area (Å²) < 4.78 is 49.7. The quantitative estimate of drug-likeness (QED) is 0.530. The number of ether oxygens (including phenoxy) is 3. The summed E-state index contributed by atoms with van der Waals surface area (Å²) in [6, 6.07) is 12.2. The fourth-order valence-corrected chi connectivity index (χ4v) is 5.44. The zero-order valence-electron chi connectivity index (χ0n) is 18.1. The Bertz CT molecular complexity index is 1190. The molecule has 0 bridgehead atoms. The molecule has 1 fully saturated rings. The lowest BCUT2D eigenvalue weighted by Gasteiger charge is -2.30. The van der Waals surface area contributed by atoms with Crippen molar-refractivity contribution in [1.29, 1.82) is 0 Å². The fraction of sp³-hybridized carbons (Fsp3) is 0.364. The Morgan fingerprint density at radius 2 is 1.66 bits per heavy atom. The van der Waals surface area contributed by atoms with Crippen molar-refractivity contribution in [1.82, 2.24) is 14.5 Å². The van der Waals surface area contributed by atoms with Gasteiger partial charge < -0.3 is 18.6 Å². The molecule has 2 heterocycles. The topological polar surface area (TPSA) is 104 Å². The Kier molecular flexibility index (Phi) is 6.33. The summed E-state index contributed by atoms with van der Waals surface area (Å²) in [5, 5.41) is 8.38. The number of nitrogens with zero attached hydrogens (tertiary/aromatic N) is 3. The highest BCUT2D eigenvalue weighted by molar-refractivity contribution is 7.89. The lowest BCUT2D eigenvalue weighted by Crippen LogP contribution is -2.38. The monoisotopic (exact) mass is 459 g/mol. The maximum absolute atomic E-state index is 13.3. The van der Waals surface area contributed by atoms with E-state index in [1.54, 1.807) is 19.2 Å². The van der Waals surface area contributed by atoms with Gasteiger partial charge in [0, 0.05) is 25.1 Å². The van der Waals surface area contributed by atoms with Crippen molar-refractivity contribution in [2.75, 3.05) is 34.4 Å². The predicted molar refractivity (Wildman–Crippen MR) is 117 cm³/mol. The Labute approximate surface area is 187 Å². The summed E-state index contributed by atoms with van der Waals surface area (Å²) in [5.74, 6) is 2.25. The third-order valence-corrected chi connectivity index (χ3v) is 7.49. The minimum atomic E-state index is -3.74. The van der Waals surface area contributed by atoms with Crippen molar-refractivity contribution < 1.29 is 27.0 Å². The van der Waals surface area contributed by atoms with Gasteiger partial charge in [0.1, 0.15) is 22.1 Å². The van der Waals surface area contributed by atoms with E-state index in [9.17, 15) is 8.42 Å². The molecule has 0 atom stereocenters. The molecule has 0 N–H and O–H groups in total. The van der Waals surface area contributed by atoms with Gasteiger partial charge in [-0.05, 0) is 37.1 Å². The maximum Gasteiger partial charge on any atom is 0.251 e. The molecule has 1 aromatic heterocycles. The summed E-state index contributed by atoms with van der Waals surface area (Å²) >= 11 is 0. The fourth-order valence-electron chi connectivity index (χ4n) is 3.80. The van der Waals surface area contributed by atoms with E-state index in [1.807, 2.05) is 24.3 Å². The molecule has 0 unspecified atom stereocenters. The number of aromatic nitrogens is 2. The Balaban J connectivity index is 1.50. The Morgan fingerprint density at radius 1 is 0.938 bits per heavy atom. The van der Waals surface area contributed by atoms with Crippen LogP contribution in [0.1, 0.15) is 24.7 Å². The normalized spacial score (nSPS) is 15.5. The van der Waals surface area contributed by atoms with E-state index in [1.165, 1.54) is 24.6 Å². The summed E-state index contributed by atoms with van der Waals surface area (Å²) in [5.41, 5.74) is 0.721. The molecule has 0 spiro atoms. The molecule has 0 aliphatic carbocycles. The van der Waals surface area contributed by atoms with E-state index >= 15 is 0 Å². The molecule has 4 rings (SSSR count). The molecule has 0 radical (unpaired) electrons. The molecule has 10 heteroatoms. The zero-order chi connectivity index (χ0) is 22.7. The van der Waals surface area contributed by atoms with Crippen LogP contribution in [0, 0.1) is 0 Å². The van der Waals surface area contributed by atoms with Gasteiger partial charge in [0.25, 0.3) is 5.89 Å². The van der Waals surface area contributed by atoms with Gasteiger partial charge in [-0.3, -0.25) is 0 Å². The predicted octanol–water partition coefficient (Wildman–Crippen LogP) is 3.33. The first-order valence-corrected chi connectivity index (χ1v) is 11.6. The minimum Gasteiger partial charge on any atom is -0.497 e. The van der Waals surface area contributed by atoms with E-state index in [0.29, 0.717) is 49.2 Å². The summed E-state index contributed by atoms with van der Waals surface area (Å²) in [7, 11) is 0.782. The average Bonchev–Trinajstić information content (AvgIpc) is 3.33. The molecule has 0 amide bonds. The molecular formula is C22H25N3O6S. The number of para-hydroxylation sites is 1. The second-order valence-electron chi connectivity index (χ2n) is 7.34. The van der Waals surface area contributed by atoms with Crippen LogP contribution in [0.3, 0.4) is 0 Å². The molecule has 1 aliphatic heterocycles. The third-order valence-electron chi connectivity index (χ3n) is 5.57. The Morgan fingerprint density at radius 3 is 2.34 bits per heavy atom. The van der Waals surface area contributed by atoms with Crippen molar-refractivity contribution in [2.24, 2.45) is 0 Å². The summed E-state index contributed by atoms with van der Waals surface area (Å²) in [6.07, 6.45) is 1.14. The van der Waals surface area contributed by atoms with Crippen molar-refractivity contribution in [3.05, 3.63) is 48.4 Å². The van der Waals surface area contributed by atoms with Crippen LogP contribution in [0.5, 0.6) is 17.2 Å². The highest BCUT2D eigenvalue weighted by Gasteiger charge is 2.34. The van der Waals surface area contributed by atoms with Crippen molar-refractivity contribution in [3.8, 4) is 28.7 Å². The van der Waals surface area contributed by atoms with Crippen LogP contribution in [-0.2, 0) is 10.0 Å². The van der Waals surface area contributed by atoms with E-state index < -0.39 is 10.0 Å². The van der Waals surface area contributed by atoms with Crippen LogP contribution in [0.25, 0.3) is 11.5 Å². The van der Waals surface area contributed by atoms with Crippen LogP contribution >= 0.6 is 0 Å². The van der Waals surface area contributed by atoms with Crippen LogP contribution in [-0.4, -0.2) is 57.3 Å². The van der Waals surface area contributed by atoms with Crippen LogP contribution in [0.15, 0.2) is 51.8 Å². The second kappa shape index (κ2) is 9.17. The molecule has 3 aromatic rings. The Hall–Kier alpha value is -3.11. The zero-order valence-corrected chi connectivity index (χ0v) is 19.0. The smallest absolute Gasteiger partial charge is 0.251 e. The van der Waals surface area contributed by atoms with Gasteiger partial charge in [-0.2, -0.15) is 4.31 Å². The van der Waals surface area contributed by atoms with E-state index in [4.69, 9.17) is 18.6 Å². The number of piperidine rings is 1. The van der Waals surface area contributed by atoms with Crippen molar-refractivity contribution in [3.63, 3.8) is 0 Å². The highest BCUT2D eigenvalue weighted by atomic mass is 32.2. The molecule has 1 saturated heterocycles. The number of rotatable bonds is 7. The lowest BCUT2D eigenvalue weighted by atomic mass is 9.98. The molecule has 32 heavy (non-hydrogen) atoms. The number of hydrogen-bond acceptors (Lipinski definition) is 8. The molecule has 1 aliphatic rings. The van der Waals surface area contributed by atoms with Gasteiger partial charge in [-0.25, -0.2) is 8.42 Å². The van der Waals surface area contributed by atoms with Crippen LogP contribution in [0.4, 0.5) is 0 Å². The van der Waals surface area contributed by atoms with E-state index in [2.05, 4.69) is 10.2 Å². The van der Waals surface area contributed by atoms with Gasteiger partial charge in [0.15, 0.2) is 0 Å².